The number of aryl methyl sites for hydroxylation is 2. The van der Waals surface area contributed by atoms with Crippen LogP contribution in [0.3, 0.4) is 0 Å². The van der Waals surface area contributed by atoms with E-state index in [9.17, 15) is 19.2 Å². The van der Waals surface area contributed by atoms with Gasteiger partial charge in [0.25, 0.3) is 5.91 Å². The molecule has 2 saturated heterocycles. The molecule has 5 heterocycles. The number of nitrogens with one attached hydrogen (secondary N) is 4. The summed E-state index contributed by atoms with van der Waals surface area (Å²) in [6, 6.07) is 21.1. The molecule has 0 radical (unpaired) electrons. The number of amides is 4. The monoisotopic (exact) mass is 886 g/mol. The number of ether oxygens (including phenoxy) is 2. The number of hydrogen-bond acceptors (Lipinski definition) is 10. The zero-order chi connectivity index (χ0) is 46.4. The number of benzene rings is 2. The van der Waals surface area contributed by atoms with Gasteiger partial charge in [0.1, 0.15) is 30.1 Å². The number of H-pyrrole nitrogens is 1. The molecule has 16 heteroatoms. The van der Waals surface area contributed by atoms with Gasteiger partial charge >= 0.3 is 0 Å². The number of rotatable bonds is 15. The van der Waals surface area contributed by atoms with Gasteiger partial charge in [-0.15, -0.1) is 0 Å². The zero-order valence-corrected chi connectivity index (χ0v) is 38.7. The Bertz CT molecular complexity index is 2470. The number of pyridine rings is 1. The molecule has 0 bridgehead atoms. The number of likely N-dealkylation sites (tertiary alicyclic amines) is 1. The third-order valence-electron chi connectivity index (χ3n) is 12.4. The Balaban J connectivity index is 0.902. The molecular formula is C49H62N10O6. The van der Waals surface area contributed by atoms with Gasteiger partial charge in [-0.1, -0.05) is 65.0 Å². The molecule has 0 saturated carbocycles. The van der Waals surface area contributed by atoms with Crippen LogP contribution in [0.2, 0.25) is 0 Å². The molecule has 2 fully saturated rings. The van der Waals surface area contributed by atoms with Crippen molar-refractivity contribution >= 4 is 35.0 Å². The summed E-state index contributed by atoms with van der Waals surface area (Å²) in [7, 11) is 3.46. The van der Waals surface area contributed by atoms with E-state index < -0.39 is 17.5 Å². The highest BCUT2D eigenvalue weighted by molar-refractivity contribution is 6.04. The van der Waals surface area contributed by atoms with Crippen LogP contribution in [0, 0.1) is 11.3 Å². The van der Waals surface area contributed by atoms with Crippen LogP contribution >= 0.6 is 0 Å². The molecule has 0 spiro atoms. The van der Waals surface area contributed by atoms with Crippen molar-refractivity contribution in [2.24, 2.45) is 18.4 Å². The molecule has 3 aromatic heterocycles. The second kappa shape index (κ2) is 20.1. The third kappa shape index (κ3) is 10.9. The lowest BCUT2D eigenvalue weighted by atomic mass is 9.85. The van der Waals surface area contributed by atoms with Crippen molar-refractivity contribution in [1.29, 1.82) is 0 Å². The molecular weight excluding hydrogens is 825 g/mol. The number of aromatic amines is 1. The van der Waals surface area contributed by atoms with E-state index in [1.54, 1.807) is 30.3 Å². The van der Waals surface area contributed by atoms with E-state index in [0.717, 1.165) is 40.3 Å². The number of aromatic nitrogens is 5. The van der Waals surface area contributed by atoms with Crippen LogP contribution in [0.4, 0.5) is 11.4 Å². The lowest BCUT2D eigenvalue weighted by Crippen LogP contribution is -2.58. The average molecular weight is 887 g/mol. The maximum absolute atomic E-state index is 14.2. The first-order valence-electron chi connectivity index (χ1n) is 22.5. The minimum atomic E-state index is -0.858. The molecule has 4 amide bonds. The van der Waals surface area contributed by atoms with E-state index in [4.69, 9.17) is 9.47 Å². The molecule has 16 nitrogen and oxygen atoms in total. The fraction of sp³-hybridized carbons (Fsp3) is 0.449. The SMILES string of the molecule is CCc1cc(-c2cccc(C(=O)Nc3ccc(N4CC[C@@H](OCC(=O)N[C@H](C(=O)N5CCC[C@H]5C(=O)N[C@@H](C)c5ccc(-c6ccnn6C)cc5)C(C)(C)C)[C@@H](C)C4)cc3OC)n2)[nH]n1. The summed E-state index contributed by atoms with van der Waals surface area (Å²) in [5, 5.41) is 20.5. The Morgan fingerprint density at radius 1 is 0.969 bits per heavy atom. The highest BCUT2D eigenvalue weighted by Crippen LogP contribution is 2.34. The smallest absolute Gasteiger partial charge is 0.274 e. The van der Waals surface area contributed by atoms with Crippen LogP contribution in [-0.4, -0.2) is 105 Å². The van der Waals surface area contributed by atoms with Crippen molar-refractivity contribution in [2.45, 2.75) is 91.5 Å². The number of anilines is 2. The van der Waals surface area contributed by atoms with Gasteiger partial charge in [-0.3, -0.25) is 29.0 Å². The summed E-state index contributed by atoms with van der Waals surface area (Å²) in [5.41, 5.74) is 6.34. The number of hydrogen-bond donors (Lipinski definition) is 4. The number of nitrogens with zero attached hydrogens (tertiary/aromatic N) is 6. The largest absolute Gasteiger partial charge is 0.494 e. The first-order valence-corrected chi connectivity index (χ1v) is 22.5. The predicted molar refractivity (Wildman–Crippen MR) is 249 cm³/mol. The molecule has 2 aromatic carbocycles. The number of methoxy groups -OCH3 is 1. The first-order chi connectivity index (χ1) is 31.1. The molecule has 344 valence electrons. The lowest BCUT2D eigenvalue weighted by Gasteiger charge is -2.38. The van der Waals surface area contributed by atoms with Gasteiger partial charge in [0.05, 0.1) is 47.7 Å². The fourth-order valence-corrected chi connectivity index (χ4v) is 8.65. The molecule has 0 aliphatic carbocycles. The minimum absolute atomic E-state index is 0.0776. The van der Waals surface area contributed by atoms with Crippen LogP contribution < -0.4 is 25.6 Å². The van der Waals surface area contributed by atoms with Crippen LogP contribution in [-0.2, 0) is 32.6 Å². The second-order valence-electron chi connectivity index (χ2n) is 18.2. The van der Waals surface area contributed by atoms with Crippen molar-refractivity contribution < 1.29 is 28.7 Å². The quantitative estimate of drug-likeness (QED) is 0.0926. The molecule has 2 aliphatic heterocycles. The van der Waals surface area contributed by atoms with E-state index in [1.165, 1.54) is 0 Å². The average Bonchev–Trinajstić information content (AvgIpc) is 4.09. The topological polar surface area (TPSA) is 189 Å². The van der Waals surface area contributed by atoms with Gasteiger partial charge in [-0.25, -0.2) is 4.98 Å². The van der Waals surface area contributed by atoms with Gasteiger partial charge in [0, 0.05) is 44.6 Å². The first kappa shape index (κ1) is 46.4. The van der Waals surface area contributed by atoms with Crippen LogP contribution in [0.1, 0.15) is 88.6 Å². The number of carbonyl (C=O) groups excluding carboxylic acids is 4. The summed E-state index contributed by atoms with van der Waals surface area (Å²) < 4.78 is 13.7. The summed E-state index contributed by atoms with van der Waals surface area (Å²) in [6.07, 6.45) is 4.27. The standard InChI is InChI=1S/C49H62N10O6/c1-9-34-26-39(56-55-34)36-12-10-13-38(52-36)46(61)53-37-20-19-35(27-43(37)64-8)58-25-22-42(30(2)28-58)65-29-44(60)54-45(49(4,5)6)48(63)59-24-11-14-41(59)47(62)51-31(3)32-15-17-33(18-16-32)40-21-23-50-57(40)7/h10,12-13,15-21,23,26-27,30-31,41-42,45H,9,11,14,22,24-25,28-29H2,1-8H3,(H,51,62)(H,53,61)(H,54,60)(H,55,56)/t30-,31-,41-,42+,45+/m0/s1. The van der Waals surface area contributed by atoms with E-state index in [1.807, 2.05) is 107 Å². The highest BCUT2D eigenvalue weighted by Gasteiger charge is 2.42. The maximum Gasteiger partial charge on any atom is 0.274 e. The van der Waals surface area contributed by atoms with Crippen LogP contribution in [0.5, 0.6) is 5.75 Å². The van der Waals surface area contributed by atoms with Crippen molar-refractivity contribution in [3.8, 4) is 28.4 Å². The third-order valence-corrected chi connectivity index (χ3v) is 12.4. The van der Waals surface area contributed by atoms with E-state index >= 15 is 0 Å². The molecule has 7 rings (SSSR count). The molecule has 65 heavy (non-hydrogen) atoms. The van der Waals surface area contributed by atoms with Gasteiger partial charge in [-0.05, 0) is 91.5 Å². The maximum atomic E-state index is 14.2. The summed E-state index contributed by atoms with van der Waals surface area (Å²) in [5.74, 6) is -0.648. The second-order valence-corrected chi connectivity index (χ2v) is 18.2. The van der Waals surface area contributed by atoms with E-state index in [2.05, 4.69) is 48.1 Å². The molecule has 4 N–H and O–H groups in total. The molecule has 0 unspecified atom stereocenters. The molecule has 5 atom stereocenters. The Hall–Kier alpha value is -6.55. The summed E-state index contributed by atoms with van der Waals surface area (Å²) in [6.45, 7) is 13.4. The molecule has 2 aliphatic rings. The normalized spacial score (nSPS) is 18.5. The summed E-state index contributed by atoms with van der Waals surface area (Å²) in [4.78, 5) is 63.1. The predicted octanol–water partition coefficient (Wildman–Crippen LogP) is 6.33. The highest BCUT2D eigenvalue weighted by atomic mass is 16.5. The van der Waals surface area contributed by atoms with E-state index in [0.29, 0.717) is 56.0 Å². The van der Waals surface area contributed by atoms with Crippen molar-refractivity contribution in [3.63, 3.8) is 0 Å². The van der Waals surface area contributed by atoms with Crippen LogP contribution in [0.25, 0.3) is 22.6 Å². The van der Waals surface area contributed by atoms with Gasteiger partial charge in [0.2, 0.25) is 17.7 Å². The van der Waals surface area contributed by atoms with E-state index in [-0.39, 0.29) is 54.0 Å². The van der Waals surface area contributed by atoms with Gasteiger partial charge in [0.15, 0.2) is 0 Å². The Labute approximate surface area is 380 Å². The summed E-state index contributed by atoms with van der Waals surface area (Å²) >= 11 is 0. The van der Waals surface area contributed by atoms with Gasteiger partial charge in [-0.2, -0.15) is 10.2 Å². The molecule has 5 aromatic rings. The minimum Gasteiger partial charge on any atom is -0.494 e. The van der Waals surface area contributed by atoms with Crippen molar-refractivity contribution in [3.05, 3.63) is 95.9 Å². The van der Waals surface area contributed by atoms with Crippen LogP contribution in [0.15, 0.2) is 79.0 Å². The lowest BCUT2D eigenvalue weighted by molar-refractivity contribution is -0.145. The number of carbonyl (C=O) groups is 4. The zero-order valence-electron chi connectivity index (χ0n) is 38.7. The number of piperidine rings is 1. The van der Waals surface area contributed by atoms with Gasteiger partial charge < -0.3 is 35.2 Å². The van der Waals surface area contributed by atoms with Crippen molar-refractivity contribution in [1.82, 2.24) is 40.5 Å². The fourth-order valence-electron chi connectivity index (χ4n) is 8.65. The Kier molecular flexibility index (Phi) is 14.4. The Morgan fingerprint density at radius 3 is 2.43 bits per heavy atom. The van der Waals surface area contributed by atoms with Crippen molar-refractivity contribution in [2.75, 3.05) is 43.6 Å². The Morgan fingerprint density at radius 2 is 1.75 bits per heavy atom.